The van der Waals surface area contributed by atoms with E-state index in [4.69, 9.17) is 0 Å². The number of aliphatic carboxylic acids is 1. The number of para-hydroxylation sites is 1. The maximum Gasteiger partial charge on any atom is 0.324 e. The summed E-state index contributed by atoms with van der Waals surface area (Å²) in [6, 6.07) is 5.36. The number of nitrogens with one attached hydrogen (secondary N) is 1. The van der Waals surface area contributed by atoms with E-state index in [0.717, 1.165) is 4.90 Å². The highest BCUT2D eigenvalue weighted by molar-refractivity contribution is 6.09. The van der Waals surface area contributed by atoms with Crippen molar-refractivity contribution in [3.05, 3.63) is 29.8 Å². The lowest BCUT2D eigenvalue weighted by molar-refractivity contribution is -0.151. The first-order chi connectivity index (χ1) is 11.2. The van der Waals surface area contributed by atoms with Gasteiger partial charge in [-0.3, -0.25) is 24.6 Å². The molecule has 1 aromatic carbocycles. The molecule has 2 aliphatic rings. The van der Waals surface area contributed by atoms with E-state index in [1.165, 1.54) is 13.0 Å². The molecule has 2 fully saturated rings. The molecular weight excluding hydrogens is 312 g/mol. The van der Waals surface area contributed by atoms with Crippen LogP contribution in [-0.2, 0) is 14.4 Å². The summed E-state index contributed by atoms with van der Waals surface area (Å²) >= 11 is 0. The third-order valence-electron chi connectivity index (χ3n) is 5.05. The van der Waals surface area contributed by atoms with Crippen LogP contribution in [0.15, 0.2) is 24.3 Å². The van der Waals surface area contributed by atoms with Crippen LogP contribution in [0.4, 0.5) is 0 Å². The molecule has 4 atom stereocenters. The quantitative estimate of drug-likeness (QED) is 0.710. The molecule has 2 amide bonds. The van der Waals surface area contributed by atoms with Crippen molar-refractivity contribution in [2.45, 2.75) is 38.4 Å². The number of nitrogens with zero attached hydrogens (tertiary/aromatic N) is 1. The summed E-state index contributed by atoms with van der Waals surface area (Å²) in [4.78, 5) is 38.6. The number of imide groups is 1. The van der Waals surface area contributed by atoms with Crippen molar-refractivity contribution >= 4 is 17.8 Å². The molecule has 1 aromatic rings. The Morgan fingerprint density at radius 3 is 2.42 bits per heavy atom. The summed E-state index contributed by atoms with van der Waals surface area (Å²) in [5, 5.41) is 22.7. The van der Waals surface area contributed by atoms with Gasteiger partial charge in [0.1, 0.15) is 11.3 Å². The lowest BCUT2D eigenvalue weighted by Crippen LogP contribution is -2.54. The van der Waals surface area contributed by atoms with Gasteiger partial charge in [0.15, 0.2) is 0 Å². The highest BCUT2D eigenvalue weighted by atomic mass is 16.4. The number of carbonyl (C=O) groups excluding carboxylic acids is 2. The Balaban J connectivity index is 2.15. The van der Waals surface area contributed by atoms with Crippen LogP contribution in [0.25, 0.3) is 0 Å². The Labute approximate surface area is 139 Å². The third kappa shape index (κ3) is 2.04. The first-order valence-corrected chi connectivity index (χ1v) is 7.86. The second-order valence-corrected chi connectivity index (χ2v) is 6.83. The Morgan fingerprint density at radius 2 is 1.88 bits per heavy atom. The van der Waals surface area contributed by atoms with E-state index in [0.29, 0.717) is 5.56 Å². The van der Waals surface area contributed by atoms with Crippen LogP contribution < -0.4 is 5.32 Å². The SMILES string of the molecule is CC(C)N1C(=O)[C@@H]2[C@H](c3ccccc3O)N[C@](C)(C(=O)O)[C@H]2C1=O. The molecule has 128 valence electrons. The van der Waals surface area contributed by atoms with Crippen LogP contribution in [0, 0.1) is 11.8 Å². The molecule has 3 N–H and O–H groups in total. The molecule has 0 unspecified atom stereocenters. The normalized spacial score (nSPS) is 32.5. The maximum atomic E-state index is 12.8. The van der Waals surface area contributed by atoms with Gasteiger partial charge in [-0.15, -0.1) is 0 Å². The minimum atomic E-state index is -1.58. The van der Waals surface area contributed by atoms with Crippen molar-refractivity contribution in [1.82, 2.24) is 10.2 Å². The van der Waals surface area contributed by atoms with Crippen LogP contribution in [0.3, 0.4) is 0 Å². The molecule has 2 saturated heterocycles. The molecule has 7 heteroatoms. The van der Waals surface area contributed by atoms with E-state index in [1.54, 1.807) is 32.0 Å². The number of carboxylic acids is 1. The fourth-order valence-electron chi connectivity index (χ4n) is 3.88. The number of phenolic OH excluding ortho intramolecular Hbond substituents is 1. The smallest absolute Gasteiger partial charge is 0.324 e. The third-order valence-corrected chi connectivity index (χ3v) is 5.05. The minimum absolute atomic E-state index is 0.0355. The van der Waals surface area contributed by atoms with Gasteiger partial charge in [0.25, 0.3) is 0 Å². The van der Waals surface area contributed by atoms with E-state index in [1.807, 2.05) is 0 Å². The summed E-state index contributed by atoms with van der Waals surface area (Å²) in [6.07, 6.45) is 0. The van der Waals surface area contributed by atoms with Crippen LogP contribution in [-0.4, -0.2) is 44.5 Å². The average Bonchev–Trinajstić information content (AvgIpc) is 2.95. The monoisotopic (exact) mass is 332 g/mol. The van der Waals surface area contributed by atoms with Crippen molar-refractivity contribution in [1.29, 1.82) is 0 Å². The standard InChI is InChI=1S/C17H20N2O5/c1-8(2)19-14(21)11-12(15(19)22)17(3,16(23)24)18-13(11)9-6-4-5-7-10(9)20/h4-8,11-13,18,20H,1-3H3,(H,23,24)/t11-,12+,13-,17-/m0/s1. The zero-order valence-electron chi connectivity index (χ0n) is 13.7. The molecule has 2 heterocycles. The minimum Gasteiger partial charge on any atom is -0.508 e. The molecule has 3 rings (SSSR count). The molecule has 24 heavy (non-hydrogen) atoms. The first kappa shape index (κ1) is 16.4. The van der Waals surface area contributed by atoms with E-state index in [9.17, 15) is 24.6 Å². The predicted octanol–water partition coefficient (Wildman–Crippen LogP) is 0.889. The van der Waals surface area contributed by atoms with Gasteiger partial charge in [0.2, 0.25) is 11.8 Å². The molecule has 0 radical (unpaired) electrons. The van der Waals surface area contributed by atoms with Gasteiger partial charge in [-0.1, -0.05) is 18.2 Å². The van der Waals surface area contributed by atoms with Gasteiger partial charge in [0, 0.05) is 17.6 Å². The van der Waals surface area contributed by atoms with Gasteiger partial charge in [-0.25, -0.2) is 0 Å². The van der Waals surface area contributed by atoms with Crippen molar-refractivity contribution in [3.8, 4) is 5.75 Å². The van der Waals surface area contributed by atoms with Gasteiger partial charge in [-0.2, -0.15) is 0 Å². The van der Waals surface area contributed by atoms with Crippen LogP contribution in [0.5, 0.6) is 5.75 Å². The molecule has 0 aromatic heterocycles. The van der Waals surface area contributed by atoms with E-state index >= 15 is 0 Å². The van der Waals surface area contributed by atoms with Gasteiger partial charge in [0.05, 0.1) is 11.8 Å². The van der Waals surface area contributed by atoms with Crippen molar-refractivity contribution in [2.24, 2.45) is 11.8 Å². The predicted molar refractivity (Wildman–Crippen MR) is 84.0 cm³/mol. The van der Waals surface area contributed by atoms with Gasteiger partial charge >= 0.3 is 5.97 Å². The molecule has 7 nitrogen and oxygen atoms in total. The molecule has 2 aliphatic heterocycles. The fourth-order valence-corrected chi connectivity index (χ4v) is 3.88. The first-order valence-electron chi connectivity index (χ1n) is 7.86. The Kier molecular flexibility index (Phi) is 3.64. The number of carbonyl (C=O) groups is 3. The van der Waals surface area contributed by atoms with Crippen molar-refractivity contribution in [2.75, 3.05) is 0 Å². The van der Waals surface area contributed by atoms with E-state index in [2.05, 4.69) is 5.32 Å². The maximum absolute atomic E-state index is 12.8. The summed E-state index contributed by atoms with van der Waals surface area (Å²) in [7, 11) is 0. The number of phenols is 1. The van der Waals surface area contributed by atoms with Crippen LogP contribution >= 0.6 is 0 Å². The summed E-state index contributed by atoms with van der Waals surface area (Å²) in [5.74, 6) is -3.96. The number of benzene rings is 1. The zero-order chi connectivity index (χ0) is 17.8. The summed E-state index contributed by atoms with van der Waals surface area (Å²) in [5.41, 5.74) is -1.15. The number of hydrogen-bond donors (Lipinski definition) is 3. The summed E-state index contributed by atoms with van der Waals surface area (Å²) < 4.78 is 0. The number of amides is 2. The molecular formula is C17H20N2O5. The molecule has 0 aliphatic carbocycles. The van der Waals surface area contributed by atoms with Crippen LogP contribution in [0.1, 0.15) is 32.4 Å². The number of rotatable bonds is 3. The van der Waals surface area contributed by atoms with Gasteiger partial charge in [-0.05, 0) is 26.8 Å². The Hall–Kier alpha value is -2.41. The number of likely N-dealkylation sites (tertiary alicyclic amines) is 1. The van der Waals surface area contributed by atoms with Gasteiger partial charge < -0.3 is 10.2 Å². The zero-order valence-corrected chi connectivity index (χ0v) is 13.7. The molecule has 0 saturated carbocycles. The summed E-state index contributed by atoms with van der Waals surface area (Å²) in [6.45, 7) is 4.86. The lowest BCUT2D eigenvalue weighted by Gasteiger charge is -2.28. The largest absolute Gasteiger partial charge is 0.508 e. The lowest BCUT2D eigenvalue weighted by atomic mass is 9.80. The highest BCUT2D eigenvalue weighted by Crippen LogP contribution is 2.50. The van der Waals surface area contributed by atoms with Crippen molar-refractivity contribution in [3.63, 3.8) is 0 Å². The topological polar surface area (TPSA) is 107 Å². The molecule has 0 spiro atoms. The number of hydrogen-bond acceptors (Lipinski definition) is 5. The number of aromatic hydroxyl groups is 1. The average molecular weight is 332 g/mol. The Bertz CT molecular complexity index is 731. The van der Waals surface area contributed by atoms with Crippen LogP contribution in [0.2, 0.25) is 0 Å². The van der Waals surface area contributed by atoms with E-state index < -0.39 is 41.2 Å². The number of carboxylic acid groups (broad SMARTS) is 1. The molecule has 0 bridgehead atoms. The highest BCUT2D eigenvalue weighted by Gasteiger charge is 2.67. The van der Waals surface area contributed by atoms with E-state index in [-0.39, 0.29) is 11.8 Å². The van der Waals surface area contributed by atoms with Crippen molar-refractivity contribution < 1.29 is 24.6 Å². The second-order valence-electron chi connectivity index (χ2n) is 6.83. The second kappa shape index (κ2) is 5.31. The Morgan fingerprint density at radius 1 is 1.25 bits per heavy atom. The fraction of sp³-hybridized carbons (Fsp3) is 0.471. The number of fused-ring (bicyclic) bond motifs is 1.